The first kappa shape index (κ1) is 18.8. The van der Waals surface area contributed by atoms with Crippen LogP contribution in [0.5, 0.6) is 17.2 Å². The maximum Gasteiger partial charge on any atom is 0.204 e. The first-order valence-electron chi connectivity index (χ1n) is 8.23. The number of phenolic OH excluding ortho intramolecular Hbond substituents is 1. The highest BCUT2D eigenvalue weighted by Crippen LogP contribution is 2.41. The maximum absolute atomic E-state index is 13.6. The summed E-state index contributed by atoms with van der Waals surface area (Å²) in [5.41, 5.74) is 1.55. The lowest BCUT2D eigenvalue weighted by molar-refractivity contribution is 0.101. The van der Waals surface area contributed by atoms with Gasteiger partial charge in [0.1, 0.15) is 5.82 Å². The Morgan fingerprint density at radius 1 is 1.24 bits per heavy atom. The van der Waals surface area contributed by atoms with Crippen LogP contribution in [0.3, 0.4) is 0 Å². The lowest BCUT2D eigenvalue weighted by Crippen LogP contribution is -2.05. The molecule has 0 aromatic heterocycles. The van der Waals surface area contributed by atoms with Gasteiger partial charge in [0, 0.05) is 0 Å². The normalized spacial score (nSPS) is 10.6. The summed E-state index contributed by atoms with van der Waals surface area (Å²) in [6.45, 7) is 3.46. The molecule has 0 radical (unpaired) electrons. The van der Waals surface area contributed by atoms with Crippen molar-refractivity contribution in [3.63, 3.8) is 0 Å². The molecule has 0 saturated heterocycles. The minimum Gasteiger partial charge on any atom is -0.504 e. The number of phenols is 1. The molecule has 0 atom stereocenters. The van der Waals surface area contributed by atoms with Gasteiger partial charge in [-0.25, -0.2) is 4.39 Å². The van der Waals surface area contributed by atoms with Crippen LogP contribution in [0.15, 0.2) is 30.3 Å². The third-order valence-corrected chi connectivity index (χ3v) is 4.03. The zero-order chi connectivity index (χ0) is 18.4. The Kier molecular flexibility index (Phi) is 6.39. The van der Waals surface area contributed by atoms with E-state index in [-0.39, 0.29) is 28.7 Å². The topological polar surface area (TPSA) is 55.8 Å². The van der Waals surface area contributed by atoms with Gasteiger partial charge < -0.3 is 14.6 Å². The minimum absolute atomic E-state index is 0.171. The number of methoxy groups -OCH3 is 1. The Bertz CT molecular complexity index is 756. The SMILES string of the molecule is COc1cc(C)c(C(C)=O)c(O)c1OCCCCc1ccccc1F. The van der Waals surface area contributed by atoms with Crippen LogP contribution in [0.25, 0.3) is 0 Å². The number of halogens is 1. The molecule has 0 aliphatic heterocycles. The molecule has 25 heavy (non-hydrogen) atoms. The molecular weight excluding hydrogens is 323 g/mol. The average Bonchev–Trinajstić information content (AvgIpc) is 2.57. The van der Waals surface area contributed by atoms with E-state index in [2.05, 4.69) is 0 Å². The Hall–Kier alpha value is -2.56. The molecule has 0 aliphatic carbocycles. The smallest absolute Gasteiger partial charge is 0.204 e. The first-order valence-corrected chi connectivity index (χ1v) is 8.23. The molecule has 0 aliphatic rings. The number of carbonyl (C=O) groups is 1. The quantitative estimate of drug-likeness (QED) is 0.567. The highest BCUT2D eigenvalue weighted by molar-refractivity contribution is 5.99. The second-order valence-electron chi connectivity index (χ2n) is 5.90. The van der Waals surface area contributed by atoms with E-state index in [1.54, 1.807) is 25.1 Å². The summed E-state index contributed by atoms with van der Waals surface area (Å²) in [5.74, 6) is -0.0776. The zero-order valence-electron chi connectivity index (χ0n) is 14.8. The van der Waals surface area contributed by atoms with Crippen molar-refractivity contribution in [3.8, 4) is 17.2 Å². The molecule has 0 saturated carbocycles. The lowest BCUT2D eigenvalue weighted by atomic mass is 10.0. The number of ketones is 1. The highest BCUT2D eigenvalue weighted by Gasteiger charge is 2.20. The van der Waals surface area contributed by atoms with Crippen LogP contribution in [0, 0.1) is 12.7 Å². The standard InChI is InChI=1S/C20H23FO4/c1-13-12-17(24-3)20(19(23)18(13)14(2)22)25-11-7-6-9-15-8-4-5-10-16(15)21/h4-5,8,10,12,23H,6-7,9,11H2,1-3H3. The summed E-state index contributed by atoms with van der Waals surface area (Å²) in [6, 6.07) is 8.37. The van der Waals surface area contributed by atoms with E-state index in [9.17, 15) is 14.3 Å². The number of Topliss-reactive ketones (excluding diaryl/α,β-unsaturated/α-hetero) is 1. The van der Waals surface area contributed by atoms with Crippen LogP contribution in [-0.4, -0.2) is 24.6 Å². The zero-order valence-corrected chi connectivity index (χ0v) is 14.8. The van der Waals surface area contributed by atoms with Crippen LogP contribution in [0.1, 0.15) is 41.3 Å². The van der Waals surface area contributed by atoms with Crippen molar-refractivity contribution >= 4 is 5.78 Å². The Morgan fingerprint density at radius 2 is 1.96 bits per heavy atom. The van der Waals surface area contributed by atoms with Gasteiger partial charge in [-0.2, -0.15) is 0 Å². The van der Waals surface area contributed by atoms with E-state index in [1.165, 1.54) is 20.1 Å². The Morgan fingerprint density at radius 3 is 2.60 bits per heavy atom. The van der Waals surface area contributed by atoms with Gasteiger partial charge in [0.15, 0.2) is 17.3 Å². The van der Waals surface area contributed by atoms with E-state index in [0.717, 1.165) is 6.42 Å². The van der Waals surface area contributed by atoms with Crippen LogP contribution < -0.4 is 9.47 Å². The molecule has 0 amide bonds. The largest absolute Gasteiger partial charge is 0.504 e. The van der Waals surface area contributed by atoms with Crippen molar-refractivity contribution in [3.05, 3.63) is 52.8 Å². The number of unbranched alkanes of at least 4 members (excludes halogenated alkanes) is 1. The molecule has 0 bridgehead atoms. The third-order valence-electron chi connectivity index (χ3n) is 4.03. The molecule has 2 rings (SSSR count). The van der Waals surface area contributed by atoms with E-state index >= 15 is 0 Å². The van der Waals surface area contributed by atoms with Gasteiger partial charge in [0.2, 0.25) is 5.75 Å². The van der Waals surface area contributed by atoms with Crippen molar-refractivity contribution < 1.29 is 23.8 Å². The number of hydrogen-bond donors (Lipinski definition) is 1. The summed E-state index contributed by atoms with van der Waals surface area (Å²) < 4.78 is 24.5. The van der Waals surface area contributed by atoms with E-state index in [4.69, 9.17) is 9.47 Å². The van der Waals surface area contributed by atoms with Gasteiger partial charge >= 0.3 is 0 Å². The summed E-state index contributed by atoms with van der Waals surface area (Å²) in [5, 5.41) is 10.3. The van der Waals surface area contributed by atoms with Gasteiger partial charge in [0.05, 0.1) is 19.3 Å². The van der Waals surface area contributed by atoms with Crippen LogP contribution in [0.2, 0.25) is 0 Å². The van der Waals surface area contributed by atoms with Gasteiger partial charge in [0.25, 0.3) is 0 Å². The molecule has 5 heteroatoms. The number of aryl methyl sites for hydroxylation is 2. The van der Waals surface area contributed by atoms with E-state index in [0.29, 0.717) is 36.3 Å². The molecule has 0 heterocycles. The van der Waals surface area contributed by atoms with Gasteiger partial charge in [-0.05, 0) is 56.4 Å². The number of hydrogen-bond acceptors (Lipinski definition) is 4. The Balaban J connectivity index is 1.99. The van der Waals surface area contributed by atoms with Crippen molar-refractivity contribution in [2.75, 3.05) is 13.7 Å². The summed E-state index contributed by atoms with van der Waals surface area (Å²) in [7, 11) is 1.48. The predicted molar refractivity (Wildman–Crippen MR) is 94.2 cm³/mol. The number of aromatic hydroxyl groups is 1. The molecule has 0 unspecified atom stereocenters. The summed E-state index contributed by atoms with van der Waals surface area (Å²) in [6.07, 6.45) is 2.04. The maximum atomic E-state index is 13.6. The fourth-order valence-electron chi connectivity index (χ4n) is 2.78. The van der Waals surface area contributed by atoms with Gasteiger partial charge in [-0.3, -0.25) is 4.79 Å². The van der Waals surface area contributed by atoms with Crippen molar-refractivity contribution in [1.29, 1.82) is 0 Å². The molecular formula is C20H23FO4. The van der Waals surface area contributed by atoms with E-state index < -0.39 is 0 Å². The second-order valence-corrected chi connectivity index (χ2v) is 5.90. The highest BCUT2D eigenvalue weighted by atomic mass is 19.1. The molecule has 2 aromatic carbocycles. The molecule has 134 valence electrons. The molecule has 2 aromatic rings. The molecule has 0 spiro atoms. The first-order chi connectivity index (χ1) is 12.0. The number of rotatable bonds is 8. The van der Waals surface area contributed by atoms with Crippen molar-refractivity contribution in [2.24, 2.45) is 0 Å². The number of carbonyl (C=O) groups excluding carboxylic acids is 1. The van der Waals surface area contributed by atoms with E-state index in [1.807, 2.05) is 6.07 Å². The number of ether oxygens (including phenoxy) is 2. The predicted octanol–water partition coefficient (Wildman–Crippen LogP) is 4.45. The summed E-state index contributed by atoms with van der Waals surface area (Å²) >= 11 is 0. The fourth-order valence-corrected chi connectivity index (χ4v) is 2.78. The van der Waals surface area contributed by atoms with Gasteiger partial charge in [-0.15, -0.1) is 0 Å². The van der Waals surface area contributed by atoms with Crippen LogP contribution in [0.4, 0.5) is 4.39 Å². The van der Waals surface area contributed by atoms with Crippen molar-refractivity contribution in [1.82, 2.24) is 0 Å². The average molecular weight is 346 g/mol. The minimum atomic E-state index is -0.234. The van der Waals surface area contributed by atoms with Gasteiger partial charge in [-0.1, -0.05) is 18.2 Å². The van der Waals surface area contributed by atoms with Crippen LogP contribution >= 0.6 is 0 Å². The molecule has 0 fully saturated rings. The molecule has 1 N–H and O–H groups in total. The lowest BCUT2D eigenvalue weighted by Gasteiger charge is -2.16. The van der Waals surface area contributed by atoms with Crippen LogP contribution in [-0.2, 0) is 6.42 Å². The summed E-state index contributed by atoms with van der Waals surface area (Å²) in [4.78, 5) is 11.7. The van der Waals surface area contributed by atoms with Crippen molar-refractivity contribution in [2.45, 2.75) is 33.1 Å². The Labute approximate surface area is 147 Å². The number of benzene rings is 2. The monoisotopic (exact) mass is 346 g/mol. The fraction of sp³-hybridized carbons (Fsp3) is 0.350. The molecule has 4 nitrogen and oxygen atoms in total. The second kappa shape index (κ2) is 8.51. The third kappa shape index (κ3) is 4.50.